The quantitative estimate of drug-likeness (QED) is 0.564. The van der Waals surface area contributed by atoms with Crippen LogP contribution in [0.25, 0.3) is 22.3 Å². The number of hydrogen-bond donors (Lipinski definition) is 0. The van der Waals surface area contributed by atoms with E-state index >= 15 is 0 Å². The summed E-state index contributed by atoms with van der Waals surface area (Å²) in [4.78, 5) is 23.2. The van der Waals surface area contributed by atoms with Crippen molar-refractivity contribution in [3.8, 4) is 11.3 Å². The van der Waals surface area contributed by atoms with Crippen LogP contribution in [0.4, 0.5) is 0 Å². The highest BCUT2D eigenvalue weighted by atomic mass is 16.2. The van der Waals surface area contributed by atoms with Gasteiger partial charge in [-0.05, 0) is 12.1 Å². The summed E-state index contributed by atoms with van der Waals surface area (Å²) < 4.78 is 1.83. The molecule has 0 bridgehead atoms. The average Bonchev–Trinajstić information content (AvgIpc) is 3.17. The lowest BCUT2D eigenvalue weighted by atomic mass is 10.1. The number of hydrogen-bond acceptors (Lipinski definition) is 5. The highest BCUT2D eigenvalue weighted by Gasteiger charge is 2.34. The number of fused-ring (bicyclic) bond motifs is 1. The first kappa shape index (κ1) is 15.6. The number of carbonyl (C=O) groups excluding carboxylic acids is 1. The van der Waals surface area contributed by atoms with Crippen molar-refractivity contribution in [2.45, 2.75) is 6.04 Å². The maximum atomic E-state index is 12.7. The third kappa shape index (κ3) is 2.83. The minimum Gasteiger partial charge on any atom is -0.333 e. The summed E-state index contributed by atoms with van der Waals surface area (Å²) >= 11 is 0. The standard InChI is InChI=1S/C20H16N6O/c27-20(18-10-21-16-8-4-5-9-17(16)22-18)25-11-15(12-25)26-13-19(23-24-26)14-6-2-1-3-7-14/h1-10,13,15H,11-12H2. The highest BCUT2D eigenvalue weighted by Crippen LogP contribution is 2.24. The molecule has 7 nitrogen and oxygen atoms in total. The summed E-state index contributed by atoms with van der Waals surface area (Å²) in [5.74, 6) is -0.104. The average molecular weight is 356 g/mol. The number of amides is 1. The molecule has 0 radical (unpaired) electrons. The Balaban J connectivity index is 1.29. The molecule has 2 aromatic carbocycles. The molecule has 4 aromatic rings. The maximum absolute atomic E-state index is 12.7. The first-order valence-electron chi connectivity index (χ1n) is 8.76. The van der Waals surface area contributed by atoms with Crippen molar-refractivity contribution in [1.82, 2.24) is 29.9 Å². The van der Waals surface area contributed by atoms with Crippen LogP contribution in [0.1, 0.15) is 16.5 Å². The Labute approximate surface area is 155 Å². The number of rotatable bonds is 3. The van der Waals surface area contributed by atoms with Crippen LogP contribution in [-0.2, 0) is 0 Å². The second-order valence-electron chi connectivity index (χ2n) is 6.56. The van der Waals surface area contributed by atoms with E-state index < -0.39 is 0 Å². The number of carbonyl (C=O) groups is 1. The number of para-hydroxylation sites is 2. The molecule has 0 unspecified atom stereocenters. The Kier molecular flexibility index (Phi) is 3.64. The van der Waals surface area contributed by atoms with Crippen molar-refractivity contribution in [3.05, 3.63) is 72.7 Å². The van der Waals surface area contributed by atoms with Crippen molar-refractivity contribution >= 4 is 16.9 Å². The van der Waals surface area contributed by atoms with E-state index in [1.54, 1.807) is 11.1 Å². The number of nitrogens with zero attached hydrogens (tertiary/aromatic N) is 6. The van der Waals surface area contributed by atoms with Crippen LogP contribution in [-0.4, -0.2) is 48.9 Å². The molecule has 0 atom stereocenters. The van der Waals surface area contributed by atoms with Gasteiger partial charge in [0.2, 0.25) is 0 Å². The van der Waals surface area contributed by atoms with Gasteiger partial charge in [-0.2, -0.15) is 0 Å². The second kappa shape index (κ2) is 6.28. The fraction of sp³-hybridized carbons (Fsp3) is 0.150. The van der Waals surface area contributed by atoms with Crippen LogP contribution < -0.4 is 0 Å². The van der Waals surface area contributed by atoms with Gasteiger partial charge in [-0.1, -0.05) is 47.7 Å². The van der Waals surface area contributed by atoms with Gasteiger partial charge in [-0.3, -0.25) is 9.78 Å². The lowest BCUT2D eigenvalue weighted by Gasteiger charge is -2.38. The minimum absolute atomic E-state index is 0.104. The zero-order valence-corrected chi connectivity index (χ0v) is 14.4. The number of benzene rings is 2. The zero-order valence-electron chi connectivity index (χ0n) is 14.4. The fourth-order valence-electron chi connectivity index (χ4n) is 3.21. The van der Waals surface area contributed by atoms with Gasteiger partial charge in [0.15, 0.2) is 0 Å². The van der Waals surface area contributed by atoms with Crippen LogP contribution in [0.15, 0.2) is 67.0 Å². The summed E-state index contributed by atoms with van der Waals surface area (Å²) in [6.45, 7) is 1.18. The van der Waals surface area contributed by atoms with Gasteiger partial charge < -0.3 is 4.90 Å². The Morgan fingerprint density at radius 1 is 0.963 bits per heavy atom. The molecule has 1 aliphatic heterocycles. The molecule has 0 spiro atoms. The van der Waals surface area contributed by atoms with E-state index in [0.29, 0.717) is 18.8 Å². The summed E-state index contributed by atoms with van der Waals surface area (Å²) in [5.41, 5.74) is 3.75. The van der Waals surface area contributed by atoms with Crippen LogP contribution >= 0.6 is 0 Å². The molecular weight excluding hydrogens is 340 g/mol. The molecule has 0 saturated carbocycles. The van der Waals surface area contributed by atoms with E-state index in [0.717, 1.165) is 22.3 Å². The van der Waals surface area contributed by atoms with E-state index in [4.69, 9.17) is 0 Å². The molecule has 132 valence electrons. The lowest BCUT2D eigenvalue weighted by molar-refractivity contribution is 0.0492. The molecule has 0 aliphatic carbocycles. The van der Waals surface area contributed by atoms with Gasteiger partial charge in [0.1, 0.15) is 11.4 Å². The second-order valence-corrected chi connectivity index (χ2v) is 6.56. The third-order valence-electron chi connectivity index (χ3n) is 4.77. The van der Waals surface area contributed by atoms with Crippen molar-refractivity contribution in [2.75, 3.05) is 13.1 Å². The Morgan fingerprint density at radius 2 is 1.70 bits per heavy atom. The first-order chi connectivity index (χ1) is 13.3. The minimum atomic E-state index is -0.104. The smallest absolute Gasteiger partial charge is 0.274 e. The van der Waals surface area contributed by atoms with Gasteiger partial charge in [0.05, 0.1) is 29.5 Å². The number of aromatic nitrogens is 5. The molecule has 1 fully saturated rings. The third-order valence-corrected chi connectivity index (χ3v) is 4.77. The number of likely N-dealkylation sites (tertiary alicyclic amines) is 1. The lowest BCUT2D eigenvalue weighted by Crippen LogP contribution is -2.51. The van der Waals surface area contributed by atoms with E-state index in [1.165, 1.54) is 0 Å². The van der Waals surface area contributed by atoms with Gasteiger partial charge in [0, 0.05) is 18.7 Å². The summed E-state index contributed by atoms with van der Waals surface area (Å²) in [6, 6.07) is 17.6. The van der Waals surface area contributed by atoms with Crippen LogP contribution in [0.5, 0.6) is 0 Å². The van der Waals surface area contributed by atoms with Crippen LogP contribution in [0.2, 0.25) is 0 Å². The summed E-state index contributed by atoms with van der Waals surface area (Å²) in [5, 5.41) is 8.46. The van der Waals surface area contributed by atoms with E-state index in [2.05, 4.69) is 20.3 Å². The van der Waals surface area contributed by atoms with Crippen molar-refractivity contribution < 1.29 is 4.79 Å². The normalized spacial score (nSPS) is 14.3. The molecule has 5 rings (SSSR count). The van der Waals surface area contributed by atoms with E-state index in [-0.39, 0.29) is 11.9 Å². The van der Waals surface area contributed by atoms with Crippen molar-refractivity contribution in [3.63, 3.8) is 0 Å². The molecular formula is C20H16N6O. The molecule has 3 heterocycles. The van der Waals surface area contributed by atoms with Crippen LogP contribution in [0.3, 0.4) is 0 Å². The Bertz CT molecular complexity index is 1120. The highest BCUT2D eigenvalue weighted by molar-refractivity contribution is 5.94. The predicted molar refractivity (Wildman–Crippen MR) is 99.9 cm³/mol. The monoisotopic (exact) mass is 356 g/mol. The van der Waals surface area contributed by atoms with E-state index in [9.17, 15) is 4.79 Å². The van der Waals surface area contributed by atoms with Crippen molar-refractivity contribution in [2.24, 2.45) is 0 Å². The largest absolute Gasteiger partial charge is 0.333 e. The van der Waals surface area contributed by atoms with Gasteiger partial charge in [-0.15, -0.1) is 5.10 Å². The molecule has 7 heteroatoms. The molecule has 1 amide bonds. The maximum Gasteiger partial charge on any atom is 0.274 e. The molecule has 1 aliphatic rings. The summed E-state index contributed by atoms with van der Waals surface area (Å²) in [7, 11) is 0. The van der Waals surface area contributed by atoms with Crippen molar-refractivity contribution in [1.29, 1.82) is 0 Å². The fourth-order valence-corrected chi connectivity index (χ4v) is 3.21. The molecule has 1 saturated heterocycles. The molecule has 27 heavy (non-hydrogen) atoms. The van der Waals surface area contributed by atoms with Gasteiger partial charge in [0.25, 0.3) is 5.91 Å². The topological polar surface area (TPSA) is 76.8 Å². The van der Waals surface area contributed by atoms with E-state index in [1.807, 2.05) is 65.5 Å². The molecule has 2 aromatic heterocycles. The van der Waals surface area contributed by atoms with Crippen LogP contribution in [0, 0.1) is 0 Å². The van der Waals surface area contributed by atoms with Gasteiger partial charge in [-0.25, -0.2) is 9.67 Å². The SMILES string of the molecule is O=C(c1cnc2ccccc2n1)N1CC(n2cc(-c3ccccc3)nn2)C1. The van der Waals surface area contributed by atoms with Gasteiger partial charge >= 0.3 is 0 Å². The Hall–Kier alpha value is -3.61. The zero-order chi connectivity index (χ0) is 18.2. The Morgan fingerprint density at radius 3 is 2.52 bits per heavy atom. The summed E-state index contributed by atoms with van der Waals surface area (Å²) in [6.07, 6.45) is 3.47. The first-order valence-corrected chi connectivity index (χ1v) is 8.76. The molecule has 0 N–H and O–H groups in total. The predicted octanol–water partition coefficient (Wildman–Crippen LogP) is 2.59.